The number of nitrogens with zero attached hydrogens (tertiary/aromatic N) is 3. The average molecular weight is 288 g/mol. The number of pyridine rings is 1. The number of rotatable bonds is 3. The lowest BCUT2D eigenvalue weighted by Crippen LogP contribution is -2.03. The zero-order valence-electron chi connectivity index (χ0n) is 10.5. The minimum atomic E-state index is -0.240. The fraction of sp³-hybridized carbons (Fsp3) is 0.0667. The van der Waals surface area contributed by atoms with Crippen molar-refractivity contribution in [2.24, 2.45) is 0 Å². The fourth-order valence-corrected chi connectivity index (χ4v) is 2.20. The van der Waals surface area contributed by atoms with Crippen LogP contribution in [0.4, 0.5) is 4.39 Å². The lowest BCUT2D eigenvalue weighted by Gasteiger charge is -2.08. The highest BCUT2D eigenvalue weighted by Crippen LogP contribution is 2.21. The van der Waals surface area contributed by atoms with E-state index in [2.05, 4.69) is 10.1 Å². The number of benzene rings is 1. The van der Waals surface area contributed by atoms with Gasteiger partial charge in [0.2, 0.25) is 0 Å². The molecule has 3 rings (SSSR count). The van der Waals surface area contributed by atoms with Gasteiger partial charge in [-0.3, -0.25) is 4.68 Å². The third-order valence-corrected chi connectivity index (χ3v) is 3.19. The van der Waals surface area contributed by atoms with Crippen LogP contribution in [0, 0.1) is 5.82 Å². The maximum absolute atomic E-state index is 12.9. The molecule has 0 aliphatic carbocycles. The van der Waals surface area contributed by atoms with E-state index < -0.39 is 0 Å². The summed E-state index contributed by atoms with van der Waals surface area (Å²) in [6.45, 7) is 0.572. The van der Waals surface area contributed by atoms with Crippen molar-refractivity contribution in [2.45, 2.75) is 6.54 Å². The Morgan fingerprint density at radius 3 is 2.60 bits per heavy atom. The molecule has 0 saturated heterocycles. The summed E-state index contributed by atoms with van der Waals surface area (Å²) >= 11 is 5.91. The van der Waals surface area contributed by atoms with Crippen LogP contribution in [0.1, 0.15) is 5.56 Å². The molecule has 0 aliphatic rings. The summed E-state index contributed by atoms with van der Waals surface area (Å²) in [4.78, 5) is 3.97. The van der Waals surface area contributed by atoms with Crippen LogP contribution in [0.2, 0.25) is 5.15 Å². The second kappa shape index (κ2) is 5.43. The summed E-state index contributed by atoms with van der Waals surface area (Å²) in [6.07, 6.45) is 3.39. The van der Waals surface area contributed by atoms with Gasteiger partial charge in [0.1, 0.15) is 11.0 Å². The minimum Gasteiger partial charge on any atom is -0.260 e. The molecule has 0 atom stereocenters. The predicted octanol–water partition coefficient (Wildman–Crippen LogP) is 3.79. The van der Waals surface area contributed by atoms with E-state index in [1.807, 2.05) is 16.8 Å². The Balaban J connectivity index is 1.92. The lowest BCUT2D eigenvalue weighted by molar-refractivity contribution is 0.624. The largest absolute Gasteiger partial charge is 0.260 e. The average Bonchev–Trinajstić information content (AvgIpc) is 2.89. The molecule has 0 bridgehead atoms. The minimum absolute atomic E-state index is 0.240. The molecule has 0 amide bonds. The zero-order valence-corrected chi connectivity index (χ0v) is 11.3. The molecule has 0 spiro atoms. The second-order valence-corrected chi connectivity index (χ2v) is 4.76. The van der Waals surface area contributed by atoms with Gasteiger partial charge in [-0.1, -0.05) is 23.7 Å². The van der Waals surface area contributed by atoms with Gasteiger partial charge >= 0.3 is 0 Å². The Hall–Kier alpha value is -2.20. The Morgan fingerprint density at radius 1 is 1.05 bits per heavy atom. The normalized spacial score (nSPS) is 10.7. The molecule has 0 aliphatic heterocycles. The molecule has 0 saturated carbocycles. The standard InChI is InChI=1S/C15H11ClFN3/c16-15-9-12(5-7-18-15)14-6-8-19-20(14)10-11-1-3-13(17)4-2-11/h1-9H,10H2. The van der Waals surface area contributed by atoms with E-state index in [1.54, 1.807) is 30.6 Å². The van der Waals surface area contributed by atoms with E-state index in [9.17, 15) is 4.39 Å². The summed E-state index contributed by atoms with van der Waals surface area (Å²) < 4.78 is 14.8. The van der Waals surface area contributed by atoms with E-state index in [4.69, 9.17) is 11.6 Å². The van der Waals surface area contributed by atoms with Crippen LogP contribution in [0.5, 0.6) is 0 Å². The molecule has 3 aromatic rings. The second-order valence-electron chi connectivity index (χ2n) is 4.37. The SMILES string of the molecule is Fc1ccc(Cn2nccc2-c2ccnc(Cl)c2)cc1. The highest BCUT2D eigenvalue weighted by atomic mass is 35.5. The molecule has 100 valence electrons. The lowest BCUT2D eigenvalue weighted by atomic mass is 10.2. The van der Waals surface area contributed by atoms with E-state index in [1.165, 1.54) is 12.1 Å². The van der Waals surface area contributed by atoms with Crippen LogP contribution in [0.15, 0.2) is 54.9 Å². The molecule has 5 heteroatoms. The molecule has 0 N–H and O–H groups in total. The Bertz CT molecular complexity index is 722. The van der Waals surface area contributed by atoms with Crippen molar-refractivity contribution in [3.05, 3.63) is 71.4 Å². The number of halogens is 2. The first-order valence-electron chi connectivity index (χ1n) is 6.10. The summed E-state index contributed by atoms with van der Waals surface area (Å²) in [5, 5.41) is 4.74. The molecule has 0 radical (unpaired) electrons. The molecular formula is C15H11ClFN3. The van der Waals surface area contributed by atoms with Crippen molar-refractivity contribution < 1.29 is 4.39 Å². The number of aromatic nitrogens is 3. The topological polar surface area (TPSA) is 30.7 Å². The van der Waals surface area contributed by atoms with Gasteiger partial charge in [0.05, 0.1) is 12.2 Å². The first-order chi connectivity index (χ1) is 9.72. The van der Waals surface area contributed by atoms with Crippen molar-refractivity contribution >= 4 is 11.6 Å². The Kier molecular flexibility index (Phi) is 3.48. The van der Waals surface area contributed by atoms with Crippen LogP contribution < -0.4 is 0 Å². The van der Waals surface area contributed by atoms with Crippen molar-refractivity contribution in [2.75, 3.05) is 0 Å². The fourth-order valence-electron chi connectivity index (χ4n) is 2.03. The zero-order chi connectivity index (χ0) is 13.9. The number of hydrogen-bond donors (Lipinski definition) is 0. The summed E-state index contributed by atoms with van der Waals surface area (Å²) in [7, 11) is 0. The summed E-state index contributed by atoms with van der Waals surface area (Å²) in [6, 6.07) is 12.0. The van der Waals surface area contributed by atoms with Gasteiger partial charge in [-0.2, -0.15) is 5.10 Å². The van der Waals surface area contributed by atoms with Gasteiger partial charge in [0.15, 0.2) is 0 Å². The monoisotopic (exact) mass is 287 g/mol. The molecule has 2 heterocycles. The first kappa shape index (κ1) is 12.8. The van der Waals surface area contributed by atoms with E-state index in [0.717, 1.165) is 16.8 Å². The molecule has 1 aromatic carbocycles. The van der Waals surface area contributed by atoms with Crippen LogP contribution in [-0.2, 0) is 6.54 Å². The van der Waals surface area contributed by atoms with E-state index in [-0.39, 0.29) is 5.82 Å². The van der Waals surface area contributed by atoms with Crippen LogP contribution >= 0.6 is 11.6 Å². The van der Waals surface area contributed by atoms with Crippen molar-refractivity contribution in [3.63, 3.8) is 0 Å². The van der Waals surface area contributed by atoms with Crippen LogP contribution in [0.25, 0.3) is 11.3 Å². The Labute approximate surface area is 120 Å². The predicted molar refractivity (Wildman–Crippen MR) is 76.0 cm³/mol. The smallest absolute Gasteiger partial charge is 0.129 e. The van der Waals surface area contributed by atoms with E-state index >= 15 is 0 Å². The molecule has 3 nitrogen and oxygen atoms in total. The van der Waals surface area contributed by atoms with Gasteiger partial charge in [-0.15, -0.1) is 0 Å². The van der Waals surface area contributed by atoms with Gasteiger partial charge < -0.3 is 0 Å². The first-order valence-corrected chi connectivity index (χ1v) is 6.48. The van der Waals surface area contributed by atoms with E-state index in [0.29, 0.717) is 11.7 Å². The van der Waals surface area contributed by atoms with Gasteiger partial charge in [-0.25, -0.2) is 9.37 Å². The molecular weight excluding hydrogens is 277 g/mol. The number of hydrogen-bond acceptors (Lipinski definition) is 2. The van der Waals surface area contributed by atoms with Gasteiger partial charge in [0.25, 0.3) is 0 Å². The van der Waals surface area contributed by atoms with Crippen molar-refractivity contribution in [1.29, 1.82) is 0 Å². The summed E-state index contributed by atoms with van der Waals surface area (Å²) in [5.74, 6) is -0.240. The highest BCUT2D eigenvalue weighted by Gasteiger charge is 2.07. The van der Waals surface area contributed by atoms with Crippen LogP contribution in [-0.4, -0.2) is 14.8 Å². The quantitative estimate of drug-likeness (QED) is 0.686. The maximum atomic E-state index is 12.9. The van der Waals surface area contributed by atoms with Crippen molar-refractivity contribution in [1.82, 2.24) is 14.8 Å². The molecule has 0 unspecified atom stereocenters. The van der Waals surface area contributed by atoms with Gasteiger partial charge in [0, 0.05) is 18.0 Å². The third kappa shape index (κ3) is 2.70. The molecule has 2 aromatic heterocycles. The molecule has 0 fully saturated rings. The molecule has 20 heavy (non-hydrogen) atoms. The summed E-state index contributed by atoms with van der Waals surface area (Å²) in [5.41, 5.74) is 2.87. The Morgan fingerprint density at radius 2 is 1.85 bits per heavy atom. The third-order valence-electron chi connectivity index (χ3n) is 2.98. The maximum Gasteiger partial charge on any atom is 0.129 e. The highest BCUT2D eigenvalue weighted by molar-refractivity contribution is 6.29. The van der Waals surface area contributed by atoms with Gasteiger partial charge in [-0.05, 0) is 35.9 Å². The van der Waals surface area contributed by atoms with Crippen LogP contribution in [0.3, 0.4) is 0 Å². The van der Waals surface area contributed by atoms with Crippen molar-refractivity contribution in [3.8, 4) is 11.3 Å².